The molecule has 0 saturated carbocycles. The third-order valence-electron chi connectivity index (χ3n) is 2.12. The Bertz CT molecular complexity index is 636. The summed E-state index contributed by atoms with van der Waals surface area (Å²) in [6.45, 7) is 0. The molecular weight excluding hydrogens is 254 g/mol. The first kappa shape index (κ1) is 12.3. The highest BCUT2D eigenvalue weighted by molar-refractivity contribution is 7.87. The number of nitrogens with zero attached hydrogens (tertiary/aromatic N) is 1. The Hall–Kier alpha value is -2.21. The molecule has 0 N–H and O–H groups in total. The molecule has 0 aliphatic rings. The molecule has 0 unspecified atom stereocenters. The van der Waals surface area contributed by atoms with Gasteiger partial charge in [0.1, 0.15) is 10.6 Å². The Morgan fingerprint density at radius 1 is 1.06 bits per heavy atom. The van der Waals surface area contributed by atoms with Gasteiger partial charge >= 0.3 is 10.1 Å². The fourth-order valence-electron chi connectivity index (χ4n) is 1.27. The van der Waals surface area contributed by atoms with Crippen LogP contribution in [0, 0.1) is 0 Å². The first-order valence-electron chi connectivity index (χ1n) is 5.02. The molecule has 5 nitrogen and oxygen atoms in total. The fraction of sp³-hybridized carbons (Fsp3) is 0. The van der Waals surface area contributed by atoms with Gasteiger partial charge in [-0.2, -0.15) is 8.42 Å². The van der Waals surface area contributed by atoms with Gasteiger partial charge in [-0.15, -0.1) is 0 Å². The predicted molar refractivity (Wildman–Crippen MR) is 63.9 cm³/mol. The zero-order valence-corrected chi connectivity index (χ0v) is 10.0. The smallest absolute Gasteiger partial charge is 0.339 e. The SMILES string of the molecule is O=Cc1ccc(OS(=O)(=O)c2ccccc2)cn1. The summed E-state index contributed by atoms with van der Waals surface area (Å²) < 4.78 is 28.6. The van der Waals surface area contributed by atoms with Crippen molar-refractivity contribution < 1.29 is 17.4 Å². The Labute approximate surface area is 104 Å². The average Bonchev–Trinajstić information content (AvgIpc) is 2.40. The van der Waals surface area contributed by atoms with E-state index in [-0.39, 0.29) is 16.3 Å². The Balaban J connectivity index is 2.25. The van der Waals surface area contributed by atoms with Gasteiger partial charge < -0.3 is 4.18 Å². The van der Waals surface area contributed by atoms with Crippen LogP contribution in [0.2, 0.25) is 0 Å². The van der Waals surface area contributed by atoms with Crippen LogP contribution in [0.5, 0.6) is 5.75 Å². The van der Waals surface area contributed by atoms with Gasteiger partial charge in [0.25, 0.3) is 0 Å². The van der Waals surface area contributed by atoms with Crippen molar-refractivity contribution in [1.29, 1.82) is 0 Å². The van der Waals surface area contributed by atoms with Gasteiger partial charge in [-0.3, -0.25) is 4.79 Å². The van der Waals surface area contributed by atoms with Gasteiger partial charge in [0, 0.05) is 0 Å². The summed E-state index contributed by atoms with van der Waals surface area (Å²) in [6, 6.07) is 10.5. The van der Waals surface area contributed by atoms with Crippen molar-refractivity contribution in [3.63, 3.8) is 0 Å². The molecule has 0 spiro atoms. The number of carbonyl (C=O) groups excluding carboxylic acids is 1. The molecule has 2 rings (SSSR count). The predicted octanol–water partition coefficient (Wildman–Crippen LogP) is 1.66. The van der Waals surface area contributed by atoms with Crippen molar-refractivity contribution >= 4 is 16.4 Å². The number of aldehydes is 1. The molecule has 0 bridgehead atoms. The first-order chi connectivity index (χ1) is 8.62. The Kier molecular flexibility index (Phi) is 3.38. The van der Waals surface area contributed by atoms with Crippen molar-refractivity contribution in [2.75, 3.05) is 0 Å². The average molecular weight is 263 g/mol. The summed E-state index contributed by atoms with van der Waals surface area (Å²) in [6.07, 6.45) is 1.75. The van der Waals surface area contributed by atoms with Crippen LogP contribution in [-0.4, -0.2) is 19.7 Å². The van der Waals surface area contributed by atoms with Crippen LogP contribution in [0.25, 0.3) is 0 Å². The highest BCUT2D eigenvalue weighted by atomic mass is 32.2. The lowest BCUT2D eigenvalue weighted by Gasteiger charge is -2.06. The maximum Gasteiger partial charge on any atom is 0.339 e. The third kappa shape index (κ3) is 2.72. The molecule has 1 heterocycles. The molecule has 0 fully saturated rings. The number of hydrogen-bond acceptors (Lipinski definition) is 5. The fourth-order valence-corrected chi connectivity index (χ4v) is 2.21. The Morgan fingerprint density at radius 2 is 1.78 bits per heavy atom. The molecule has 0 atom stereocenters. The number of aromatic nitrogens is 1. The lowest BCUT2D eigenvalue weighted by Crippen LogP contribution is -2.09. The highest BCUT2D eigenvalue weighted by Gasteiger charge is 2.15. The molecule has 2 aromatic rings. The standard InChI is InChI=1S/C12H9NO4S/c14-9-10-6-7-11(8-13-10)17-18(15,16)12-4-2-1-3-5-12/h1-9H. The highest BCUT2D eigenvalue weighted by Crippen LogP contribution is 2.17. The number of benzene rings is 1. The van der Waals surface area contributed by atoms with E-state index < -0.39 is 10.1 Å². The van der Waals surface area contributed by atoms with E-state index in [9.17, 15) is 13.2 Å². The summed E-state index contributed by atoms with van der Waals surface area (Å²) >= 11 is 0. The maximum atomic E-state index is 11.8. The van der Waals surface area contributed by atoms with Crippen LogP contribution < -0.4 is 4.18 Å². The van der Waals surface area contributed by atoms with Crippen LogP contribution in [0.3, 0.4) is 0 Å². The largest absolute Gasteiger partial charge is 0.377 e. The zero-order valence-electron chi connectivity index (χ0n) is 9.18. The molecule has 92 valence electrons. The van der Waals surface area contributed by atoms with E-state index >= 15 is 0 Å². The molecule has 0 aliphatic carbocycles. The molecule has 0 radical (unpaired) electrons. The van der Waals surface area contributed by atoms with Crippen LogP contribution in [0.1, 0.15) is 10.5 Å². The minimum absolute atomic E-state index is 0.0597. The molecule has 18 heavy (non-hydrogen) atoms. The third-order valence-corrected chi connectivity index (χ3v) is 3.38. The second kappa shape index (κ2) is 4.97. The van der Waals surface area contributed by atoms with E-state index in [1.165, 1.54) is 30.5 Å². The summed E-state index contributed by atoms with van der Waals surface area (Å²) in [4.78, 5) is 14.2. The van der Waals surface area contributed by atoms with Crippen LogP contribution in [0.4, 0.5) is 0 Å². The van der Waals surface area contributed by atoms with Crippen molar-refractivity contribution in [3.05, 3.63) is 54.4 Å². The maximum absolute atomic E-state index is 11.8. The quantitative estimate of drug-likeness (QED) is 0.619. The van der Waals surface area contributed by atoms with Crippen molar-refractivity contribution in [3.8, 4) is 5.75 Å². The van der Waals surface area contributed by atoms with Crippen LogP contribution in [-0.2, 0) is 10.1 Å². The molecule has 0 aliphatic heterocycles. The van der Waals surface area contributed by atoms with Crippen LogP contribution >= 0.6 is 0 Å². The number of pyridine rings is 1. The van der Waals surface area contributed by atoms with Crippen molar-refractivity contribution in [2.45, 2.75) is 4.90 Å². The summed E-state index contributed by atoms with van der Waals surface area (Å²) in [7, 11) is -3.86. The van der Waals surface area contributed by atoms with E-state index in [0.29, 0.717) is 6.29 Å². The lowest BCUT2D eigenvalue weighted by molar-refractivity contribution is 0.111. The first-order valence-corrected chi connectivity index (χ1v) is 6.43. The molecule has 1 aromatic heterocycles. The van der Waals surface area contributed by atoms with E-state index in [1.807, 2.05) is 0 Å². The lowest BCUT2D eigenvalue weighted by atomic mass is 10.4. The second-order valence-corrected chi connectivity index (χ2v) is 4.93. The number of hydrogen-bond donors (Lipinski definition) is 0. The normalized spacial score (nSPS) is 10.9. The van der Waals surface area contributed by atoms with Gasteiger partial charge in [0.15, 0.2) is 12.0 Å². The number of carbonyl (C=O) groups is 1. The van der Waals surface area contributed by atoms with Crippen molar-refractivity contribution in [1.82, 2.24) is 4.98 Å². The Morgan fingerprint density at radius 3 is 2.33 bits per heavy atom. The molecule has 1 aromatic carbocycles. The minimum Gasteiger partial charge on any atom is -0.377 e. The molecule has 6 heteroatoms. The van der Waals surface area contributed by atoms with E-state index in [2.05, 4.69) is 4.98 Å². The summed E-state index contributed by atoms with van der Waals surface area (Å²) in [5, 5.41) is 0. The minimum atomic E-state index is -3.86. The molecule has 0 amide bonds. The van der Waals surface area contributed by atoms with Crippen LogP contribution in [0.15, 0.2) is 53.6 Å². The zero-order chi connectivity index (χ0) is 13.0. The van der Waals surface area contributed by atoms with Gasteiger partial charge in [-0.25, -0.2) is 4.98 Å². The van der Waals surface area contributed by atoms with Gasteiger partial charge in [-0.1, -0.05) is 18.2 Å². The van der Waals surface area contributed by atoms with E-state index in [1.54, 1.807) is 18.2 Å². The number of rotatable bonds is 4. The van der Waals surface area contributed by atoms with Gasteiger partial charge in [0.2, 0.25) is 0 Å². The van der Waals surface area contributed by atoms with Gasteiger partial charge in [0.05, 0.1) is 6.20 Å². The molecular formula is C12H9NO4S. The topological polar surface area (TPSA) is 73.3 Å². The summed E-state index contributed by atoms with van der Waals surface area (Å²) in [5.74, 6) is 0.0597. The summed E-state index contributed by atoms with van der Waals surface area (Å²) in [5.41, 5.74) is 0.208. The van der Waals surface area contributed by atoms with Crippen molar-refractivity contribution in [2.24, 2.45) is 0 Å². The monoisotopic (exact) mass is 263 g/mol. The van der Waals surface area contributed by atoms with E-state index in [0.717, 1.165) is 0 Å². The van der Waals surface area contributed by atoms with Gasteiger partial charge in [-0.05, 0) is 24.3 Å². The van der Waals surface area contributed by atoms with E-state index in [4.69, 9.17) is 4.18 Å². The molecule has 0 saturated heterocycles. The second-order valence-electron chi connectivity index (χ2n) is 3.39.